The molecule has 0 spiro atoms. The summed E-state index contributed by atoms with van der Waals surface area (Å²) in [6, 6.07) is 20.7. The predicted molar refractivity (Wildman–Crippen MR) is 201 cm³/mol. The van der Waals surface area contributed by atoms with Crippen molar-refractivity contribution in [3.63, 3.8) is 0 Å². The second kappa shape index (κ2) is 15.3. The summed E-state index contributed by atoms with van der Waals surface area (Å²) in [5.74, 6) is -0.119. The zero-order valence-corrected chi connectivity index (χ0v) is 29.5. The van der Waals surface area contributed by atoms with Gasteiger partial charge in [-0.15, -0.1) is 0 Å². The van der Waals surface area contributed by atoms with E-state index in [1.165, 1.54) is 56.5 Å². The maximum Gasteiger partial charge on any atom is 0.339 e. The molecule has 0 aliphatic heterocycles. The van der Waals surface area contributed by atoms with E-state index in [1.807, 2.05) is 36.8 Å². The maximum atomic E-state index is 12.1. The number of fused-ring (bicyclic) bond motifs is 2. The fraction of sp³-hybridized carbons (Fsp3) is 0.349. The predicted octanol–water partition coefficient (Wildman–Crippen LogP) is 9.60. The molecule has 0 amide bonds. The topological polar surface area (TPSA) is 110 Å². The van der Waals surface area contributed by atoms with Crippen molar-refractivity contribution < 1.29 is 19.4 Å². The highest BCUT2D eigenvalue weighted by atomic mass is 16.5. The third-order valence-corrected chi connectivity index (χ3v) is 10.2. The van der Waals surface area contributed by atoms with Crippen molar-refractivity contribution >= 4 is 33.7 Å². The largest absolute Gasteiger partial charge is 0.478 e. The number of aromatic nitrogens is 4. The molecule has 8 rings (SSSR count). The Morgan fingerprint density at radius 1 is 0.804 bits per heavy atom. The van der Waals surface area contributed by atoms with Crippen molar-refractivity contribution in [3.05, 3.63) is 130 Å². The summed E-state index contributed by atoms with van der Waals surface area (Å²) < 4.78 is 7.26. The standard InChI is InChI=1S/C24H28N2O2.C19H18N2O2/c1-2-3-4-5-11-26-12-10-19-13-17(6-9-23(19)26)14-22-21(24(27)28)15-20(16-25-22)18-7-8-18;1-23-19(22)16-10-15(13-3-4-13)11-21-18(16)9-12-2-5-17-14(8-12)6-7-20-17/h6,9-10,12-13,15-16,18H,2-5,7-8,11,14H2,1H3,(H,27,28);2,5-8,10-11,13,20H,3-4,9H2,1H3. The summed E-state index contributed by atoms with van der Waals surface area (Å²) in [5.41, 5.74) is 9.16. The van der Waals surface area contributed by atoms with Crippen molar-refractivity contribution in [1.29, 1.82) is 0 Å². The lowest BCUT2D eigenvalue weighted by Gasteiger charge is -2.09. The van der Waals surface area contributed by atoms with Crippen LogP contribution in [0.5, 0.6) is 0 Å². The van der Waals surface area contributed by atoms with E-state index in [-0.39, 0.29) is 5.97 Å². The van der Waals surface area contributed by atoms with E-state index in [1.54, 1.807) is 0 Å². The fourth-order valence-corrected chi connectivity index (χ4v) is 6.91. The Kier molecular flexibility index (Phi) is 10.3. The first-order valence-electron chi connectivity index (χ1n) is 18.3. The zero-order chi connectivity index (χ0) is 35.3. The number of nitrogens with zero attached hydrogens (tertiary/aromatic N) is 3. The number of methoxy groups -OCH3 is 1. The number of carbonyl (C=O) groups excluding carboxylic acids is 1. The van der Waals surface area contributed by atoms with E-state index >= 15 is 0 Å². The van der Waals surface area contributed by atoms with Crippen LogP contribution in [0.1, 0.15) is 124 Å². The molecule has 0 unspecified atom stereocenters. The van der Waals surface area contributed by atoms with E-state index in [0.717, 1.165) is 58.2 Å². The Morgan fingerprint density at radius 2 is 1.45 bits per heavy atom. The van der Waals surface area contributed by atoms with Crippen molar-refractivity contribution in [2.24, 2.45) is 0 Å². The first-order chi connectivity index (χ1) is 24.9. The number of benzene rings is 2. The third kappa shape index (κ3) is 8.22. The molecule has 4 aromatic heterocycles. The lowest BCUT2D eigenvalue weighted by Crippen LogP contribution is -2.09. The lowest BCUT2D eigenvalue weighted by molar-refractivity contribution is 0.0598. The van der Waals surface area contributed by atoms with Gasteiger partial charge in [0, 0.05) is 55.2 Å². The minimum atomic E-state index is -0.885. The third-order valence-electron chi connectivity index (χ3n) is 10.2. The summed E-state index contributed by atoms with van der Waals surface area (Å²) in [6.07, 6.45) is 18.7. The van der Waals surface area contributed by atoms with Crippen LogP contribution in [0.3, 0.4) is 0 Å². The molecule has 0 atom stereocenters. The second-order valence-electron chi connectivity index (χ2n) is 14.1. The fourth-order valence-electron chi connectivity index (χ4n) is 6.91. The molecule has 2 saturated carbocycles. The number of pyridine rings is 2. The molecule has 8 nitrogen and oxygen atoms in total. The monoisotopic (exact) mass is 682 g/mol. The molecule has 2 fully saturated rings. The van der Waals surface area contributed by atoms with Crippen molar-refractivity contribution in [2.75, 3.05) is 7.11 Å². The number of aryl methyl sites for hydroxylation is 1. The van der Waals surface area contributed by atoms with Gasteiger partial charge >= 0.3 is 11.9 Å². The van der Waals surface area contributed by atoms with Gasteiger partial charge in [-0.2, -0.15) is 0 Å². The highest BCUT2D eigenvalue weighted by Crippen LogP contribution is 2.41. The Hall–Kier alpha value is -5.24. The van der Waals surface area contributed by atoms with Gasteiger partial charge in [-0.3, -0.25) is 9.97 Å². The van der Waals surface area contributed by atoms with E-state index in [9.17, 15) is 14.7 Å². The van der Waals surface area contributed by atoms with E-state index < -0.39 is 5.97 Å². The minimum Gasteiger partial charge on any atom is -0.478 e. The van der Waals surface area contributed by atoms with Gasteiger partial charge in [0.15, 0.2) is 0 Å². The molecular weight excluding hydrogens is 636 g/mol. The number of unbranched alkanes of at least 4 members (excludes halogenated alkanes) is 3. The van der Waals surface area contributed by atoms with Crippen LogP contribution in [0.4, 0.5) is 0 Å². The number of hydrogen-bond acceptors (Lipinski definition) is 5. The molecule has 0 bridgehead atoms. The number of nitrogens with one attached hydrogen (secondary N) is 1. The number of H-pyrrole nitrogens is 1. The molecule has 4 heterocycles. The first-order valence-corrected chi connectivity index (χ1v) is 18.3. The van der Waals surface area contributed by atoms with Crippen molar-refractivity contribution in [3.8, 4) is 0 Å². The zero-order valence-electron chi connectivity index (χ0n) is 29.5. The Labute approximate surface area is 298 Å². The van der Waals surface area contributed by atoms with Gasteiger partial charge in [0.2, 0.25) is 0 Å². The number of esters is 1. The second-order valence-corrected chi connectivity index (χ2v) is 14.1. The van der Waals surface area contributed by atoms with Gasteiger partial charge in [-0.1, -0.05) is 38.3 Å². The Morgan fingerprint density at radius 3 is 2.10 bits per heavy atom. The maximum absolute atomic E-state index is 12.1. The van der Waals surface area contributed by atoms with Gasteiger partial charge in [0.25, 0.3) is 0 Å². The number of carbonyl (C=O) groups is 2. The highest BCUT2D eigenvalue weighted by molar-refractivity contribution is 5.91. The number of aromatic amines is 1. The molecule has 51 heavy (non-hydrogen) atoms. The summed E-state index contributed by atoms with van der Waals surface area (Å²) in [4.78, 5) is 36.1. The molecule has 2 N–H and O–H groups in total. The van der Waals surface area contributed by atoms with Gasteiger partial charge in [-0.25, -0.2) is 9.59 Å². The van der Waals surface area contributed by atoms with Gasteiger partial charge in [0.1, 0.15) is 0 Å². The van der Waals surface area contributed by atoms with E-state index in [4.69, 9.17) is 4.74 Å². The summed E-state index contributed by atoms with van der Waals surface area (Å²) in [7, 11) is 1.42. The van der Waals surface area contributed by atoms with Crippen LogP contribution < -0.4 is 0 Å². The van der Waals surface area contributed by atoms with Gasteiger partial charge < -0.3 is 19.4 Å². The first kappa shape index (κ1) is 34.2. The van der Waals surface area contributed by atoms with Crippen LogP contribution in [0, 0.1) is 0 Å². The van der Waals surface area contributed by atoms with Crippen LogP contribution in [-0.4, -0.2) is 43.7 Å². The molecule has 0 radical (unpaired) electrons. The smallest absolute Gasteiger partial charge is 0.339 e. The normalized spacial score (nSPS) is 14.0. The molecule has 262 valence electrons. The van der Waals surface area contributed by atoms with Crippen LogP contribution >= 0.6 is 0 Å². The molecule has 2 aromatic carbocycles. The number of carboxylic acid groups (broad SMARTS) is 1. The van der Waals surface area contributed by atoms with Crippen LogP contribution in [-0.2, 0) is 24.1 Å². The van der Waals surface area contributed by atoms with Crippen LogP contribution in [0.25, 0.3) is 21.8 Å². The number of ether oxygens (including phenoxy) is 1. The van der Waals surface area contributed by atoms with Gasteiger partial charge in [-0.05, 0) is 125 Å². The molecular formula is C43H46N4O4. The quantitative estimate of drug-likeness (QED) is 0.0927. The van der Waals surface area contributed by atoms with E-state index in [0.29, 0.717) is 41.5 Å². The van der Waals surface area contributed by atoms with Crippen LogP contribution in [0.15, 0.2) is 85.5 Å². The highest BCUT2D eigenvalue weighted by Gasteiger charge is 2.27. The number of rotatable bonds is 13. The average Bonchev–Trinajstić information content (AvgIpc) is 4.09. The molecule has 8 heteroatoms. The number of hydrogen-bond donors (Lipinski definition) is 2. The molecule has 6 aromatic rings. The van der Waals surface area contributed by atoms with Gasteiger partial charge in [0.05, 0.1) is 29.6 Å². The average molecular weight is 683 g/mol. The number of aromatic carboxylic acids is 1. The summed E-state index contributed by atoms with van der Waals surface area (Å²) >= 11 is 0. The van der Waals surface area contributed by atoms with Crippen LogP contribution in [0.2, 0.25) is 0 Å². The van der Waals surface area contributed by atoms with Crippen molar-refractivity contribution in [1.82, 2.24) is 19.5 Å². The summed E-state index contributed by atoms with van der Waals surface area (Å²) in [6.45, 7) is 3.28. The Bertz CT molecular complexity index is 2170. The molecule has 2 aliphatic carbocycles. The lowest BCUT2D eigenvalue weighted by atomic mass is 10.0. The number of carboxylic acids is 1. The molecule has 2 aliphatic rings. The van der Waals surface area contributed by atoms with Crippen molar-refractivity contribution in [2.45, 2.75) is 89.5 Å². The SMILES string of the molecule is CCCCCCn1ccc2cc(Cc3ncc(C4CC4)cc3C(=O)O)ccc21.COC(=O)c1cc(C2CC2)cnc1Cc1ccc2[nH]ccc2c1. The Balaban J connectivity index is 0.000000162. The van der Waals surface area contributed by atoms with E-state index in [2.05, 4.69) is 75.1 Å². The molecule has 0 saturated heterocycles. The minimum absolute atomic E-state index is 0.308. The summed E-state index contributed by atoms with van der Waals surface area (Å²) in [5, 5.41) is 12.0.